The van der Waals surface area contributed by atoms with Gasteiger partial charge in [0.2, 0.25) is 0 Å². The zero-order valence-electron chi connectivity index (χ0n) is 10.9. The van der Waals surface area contributed by atoms with E-state index < -0.39 is 33.1 Å². The molecule has 19 heavy (non-hydrogen) atoms. The van der Waals surface area contributed by atoms with Crippen molar-refractivity contribution in [1.29, 1.82) is 0 Å². The van der Waals surface area contributed by atoms with E-state index in [1.54, 1.807) is 0 Å². The Morgan fingerprint density at radius 2 is 2.11 bits per heavy atom. The first kappa shape index (κ1) is 16.4. The summed E-state index contributed by atoms with van der Waals surface area (Å²) in [5.41, 5.74) is -1.39. The summed E-state index contributed by atoms with van der Waals surface area (Å²) in [5.74, 6) is -1.73. The first-order valence-electron chi connectivity index (χ1n) is 6.00. The molecule has 0 aromatic heterocycles. The Morgan fingerprint density at radius 3 is 2.58 bits per heavy atom. The molecule has 2 atom stereocenters. The summed E-state index contributed by atoms with van der Waals surface area (Å²) in [6.07, 6.45) is -1.07. The van der Waals surface area contributed by atoms with Gasteiger partial charge >= 0.3 is 5.97 Å². The molecule has 0 spiro atoms. The Bertz CT molecular complexity index is 405. The molecule has 0 saturated carbocycles. The Balaban J connectivity index is 2.53. The van der Waals surface area contributed by atoms with Crippen molar-refractivity contribution in [2.24, 2.45) is 5.41 Å². The van der Waals surface area contributed by atoms with Crippen LogP contribution in [0.25, 0.3) is 0 Å². The predicted octanol–water partition coefficient (Wildman–Crippen LogP) is -0.710. The summed E-state index contributed by atoms with van der Waals surface area (Å²) in [4.78, 5) is 11.3. The van der Waals surface area contributed by atoms with Crippen LogP contribution in [0, 0.1) is 5.41 Å². The molecule has 1 fully saturated rings. The van der Waals surface area contributed by atoms with E-state index in [-0.39, 0.29) is 25.2 Å². The van der Waals surface area contributed by atoms with Crippen LogP contribution in [0.4, 0.5) is 0 Å². The van der Waals surface area contributed by atoms with Gasteiger partial charge in [0.25, 0.3) is 0 Å². The van der Waals surface area contributed by atoms with E-state index in [9.17, 15) is 23.4 Å². The Labute approximate surface area is 112 Å². The van der Waals surface area contributed by atoms with E-state index in [1.807, 2.05) is 0 Å². The summed E-state index contributed by atoms with van der Waals surface area (Å²) >= 11 is 0. The number of methoxy groups -OCH3 is 1. The van der Waals surface area contributed by atoms with Crippen molar-refractivity contribution in [2.75, 3.05) is 38.4 Å². The molecule has 1 rings (SSSR count). The van der Waals surface area contributed by atoms with Gasteiger partial charge in [-0.05, 0) is 12.8 Å². The third-order valence-corrected chi connectivity index (χ3v) is 5.03. The Morgan fingerprint density at radius 1 is 1.42 bits per heavy atom. The molecule has 0 bridgehead atoms. The zero-order valence-corrected chi connectivity index (χ0v) is 11.7. The third kappa shape index (κ3) is 4.72. The average Bonchev–Trinajstić information content (AvgIpc) is 2.62. The summed E-state index contributed by atoms with van der Waals surface area (Å²) in [6, 6.07) is 0. The highest BCUT2D eigenvalue weighted by Gasteiger charge is 2.49. The van der Waals surface area contributed by atoms with Gasteiger partial charge in [0.1, 0.15) is 0 Å². The zero-order chi connectivity index (χ0) is 14.5. The summed E-state index contributed by atoms with van der Waals surface area (Å²) in [7, 11) is -1.81. The standard InChI is InChI=1S/C11H20O7S/c1-17-3-4-18-7-9(12)6-11(10(13)14)2-5-19(15,16)8-11/h9,12H,2-8H2,1H3,(H,13,14). The maximum atomic E-state index is 11.4. The normalized spacial score (nSPS) is 27.3. The molecule has 7 nitrogen and oxygen atoms in total. The number of rotatable bonds is 8. The second-order valence-electron chi connectivity index (χ2n) is 4.85. The van der Waals surface area contributed by atoms with Gasteiger partial charge in [-0.3, -0.25) is 4.79 Å². The molecule has 1 aliphatic rings. The van der Waals surface area contributed by atoms with Gasteiger partial charge in [-0.2, -0.15) is 0 Å². The molecule has 0 radical (unpaired) electrons. The molecule has 112 valence electrons. The summed E-state index contributed by atoms with van der Waals surface area (Å²) in [5, 5.41) is 19.0. The van der Waals surface area contributed by atoms with Gasteiger partial charge < -0.3 is 19.7 Å². The van der Waals surface area contributed by atoms with Crippen LogP contribution in [0.3, 0.4) is 0 Å². The van der Waals surface area contributed by atoms with Gasteiger partial charge in [0.05, 0.1) is 42.8 Å². The van der Waals surface area contributed by atoms with Crippen LogP contribution in [0.5, 0.6) is 0 Å². The lowest BCUT2D eigenvalue weighted by molar-refractivity contribution is -0.149. The van der Waals surface area contributed by atoms with Crippen molar-refractivity contribution < 1.29 is 32.9 Å². The molecule has 8 heteroatoms. The number of aliphatic hydroxyl groups excluding tert-OH is 1. The number of carbonyl (C=O) groups is 1. The first-order chi connectivity index (χ1) is 8.81. The van der Waals surface area contributed by atoms with Crippen molar-refractivity contribution in [3.63, 3.8) is 0 Å². The fraction of sp³-hybridized carbons (Fsp3) is 0.909. The van der Waals surface area contributed by atoms with E-state index in [1.165, 1.54) is 7.11 Å². The van der Waals surface area contributed by atoms with Gasteiger partial charge in [0, 0.05) is 7.11 Å². The minimum absolute atomic E-state index is 0.0293. The van der Waals surface area contributed by atoms with E-state index in [0.717, 1.165) is 0 Å². The van der Waals surface area contributed by atoms with Gasteiger partial charge in [0.15, 0.2) is 9.84 Å². The molecular weight excluding hydrogens is 276 g/mol. The number of carboxylic acid groups (broad SMARTS) is 1. The van der Waals surface area contributed by atoms with Crippen molar-refractivity contribution >= 4 is 15.8 Å². The van der Waals surface area contributed by atoms with E-state index in [2.05, 4.69) is 0 Å². The maximum Gasteiger partial charge on any atom is 0.310 e. The van der Waals surface area contributed by atoms with Gasteiger partial charge in [-0.1, -0.05) is 0 Å². The highest BCUT2D eigenvalue weighted by Crippen LogP contribution is 2.37. The molecule has 2 unspecified atom stereocenters. The predicted molar refractivity (Wildman–Crippen MR) is 66.7 cm³/mol. The van der Waals surface area contributed by atoms with Crippen LogP contribution < -0.4 is 0 Å². The molecule has 1 saturated heterocycles. The molecule has 0 aliphatic carbocycles. The van der Waals surface area contributed by atoms with Crippen molar-refractivity contribution in [2.45, 2.75) is 18.9 Å². The van der Waals surface area contributed by atoms with E-state index >= 15 is 0 Å². The van der Waals surface area contributed by atoms with Crippen LogP contribution in [-0.4, -0.2) is 69.1 Å². The molecule has 0 amide bonds. The quantitative estimate of drug-likeness (QED) is 0.569. The van der Waals surface area contributed by atoms with Gasteiger partial charge in [-0.15, -0.1) is 0 Å². The van der Waals surface area contributed by atoms with Crippen molar-refractivity contribution in [3.8, 4) is 0 Å². The van der Waals surface area contributed by atoms with Crippen LogP contribution in [0.2, 0.25) is 0 Å². The minimum atomic E-state index is -3.33. The molecule has 1 aliphatic heterocycles. The van der Waals surface area contributed by atoms with Crippen LogP contribution in [0.15, 0.2) is 0 Å². The lowest BCUT2D eigenvalue weighted by atomic mass is 9.82. The largest absolute Gasteiger partial charge is 0.481 e. The Hall–Kier alpha value is -0.700. The first-order valence-corrected chi connectivity index (χ1v) is 7.82. The Kier molecular flexibility index (Phi) is 5.72. The second kappa shape index (κ2) is 6.65. The average molecular weight is 296 g/mol. The smallest absolute Gasteiger partial charge is 0.310 e. The second-order valence-corrected chi connectivity index (χ2v) is 7.04. The summed E-state index contributed by atoms with van der Waals surface area (Å²) < 4.78 is 32.7. The molecular formula is C11H20O7S. The number of carboxylic acids is 1. The molecule has 0 aromatic carbocycles. The highest BCUT2D eigenvalue weighted by molar-refractivity contribution is 7.91. The van der Waals surface area contributed by atoms with E-state index in [4.69, 9.17) is 9.47 Å². The SMILES string of the molecule is COCCOCC(O)CC1(C(=O)O)CCS(=O)(=O)C1. The topological polar surface area (TPSA) is 110 Å². The number of aliphatic carboxylic acids is 1. The lowest BCUT2D eigenvalue weighted by Crippen LogP contribution is -2.37. The number of hydrogen-bond acceptors (Lipinski definition) is 6. The summed E-state index contributed by atoms with van der Waals surface area (Å²) in [6.45, 7) is 0.648. The number of sulfone groups is 1. The third-order valence-electron chi connectivity index (χ3n) is 3.21. The molecule has 2 N–H and O–H groups in total. The molecule has 0 aromatic rings. The number of ether oxygens (including phenoxy) is 2. The number of hydrogen-bond donors (Lipinski definition) is 2. The number of aliphatic hydroxyl groups is 1. The van der Waals surface area contributed by atoms with Crippen molar-refractivity contribution in [3.05, 3.63) is 0 Å². The van der Waals surface area contributed by atoms with Crippen molar-refractivity contribution in [1.82, 2.24) is 0 Å². The molecule has 1 heterocycles. The minimum Gasteiger partial charge on any atom is -0.481 e. The van der Waals surface area contributed by atoms with Crippen LogP contribution in [-0.2, 0) is 24.1 Å². The van der Waals surface area contributed by atoms with E-state index in [0.29, 0.717) is 13.2 Å². The maximum absolute atomic E-state index is 11.4. The lowest BCUT2D eigenvalue weighted by Gasteiger charge is -2.25. The van der Waals surface area contributed by atoms with Crippen LogP contribution >= 0.6 is 0 Å². The van der Waals surface area contributed by atoms with Gasteiger partial charge in [-0.25, -0.2) is 8.42 Å². The fourth-order valence-electron chi connectivity index (χ4n) is 2.20. The fourth-order valence-corrected chi connectivity index (χ4v) is 4.28. The monoisotopic (exact) mass is 296 g/mol. The van der Waals surface area contributed by atoms with Crippen LogP contribution in [0.1, 0.15) is 12.8 Å². The highest BCUT2D eigenvalue weighted by atomic mass is 32.2.